The minimum Gasteiger partial charge on any atom is -1.00 e. The number of imidazole rings is 1. The van der Waals surface area contributed by atoms with E-state index in [0.717, 1.165) is 6.07 Å². The third-order valence-electron chi connectivity index (χ3n) is 5.00. The maximum absolute atomic E-state index is 13.9. The minimum atomic E-state index is -4.60. The zero-order valence-electron chi connectivity index (χ0n) is 19.2. The number of benzene rings is 2. The number of nitrogens with one attached hydrogen (secondary N) is 1. The van der Waals surface area contributed by atoms with Crippen LogP contribution in [0, 0.1) is 0 Å². The maximum atomic E-state index is 13.9. The molecule has 0 aliphatic carbocycles. The smallest absolute Gasteiger partial charge is 1.00 e. The number of alkyl halides is 3. The van der Waals surface area contributed by atoms with Crippen LogP contribution in [0.5, 0.6) is 0 Å². The molecular weight excluding hydrogens is 471 g/mol. The molecule has 2 aromatic carbocycles. The first-order valence-corrected chi connectivity index (χ1v) is 10.2. The number of fused-ring (bicyclic) bond motifs is 1. The zero-order valence-corrected chi connectivity index (χ0v) is 21.7. The summed E-state index contributed by atoms with van der Waals surface area (Å²) < 4.78 is 43.3. The molecule has 0 aliphatic heterocycles. The van der Waals surface area contributed by atoms with Crippen LogP contribution in [0.1, 0.15) is 33.5 Å². The van der Waals surface area contributed by atoms with E-state index >= 15 is 0 Å². The summed E-state index contributed by atoms with van der Waals surface area (Å²) in [6.07, 6.45) is -4.60. The van der Waals surface area contributed by atoms with Gasteiger partial charge in [0.05, 0.1) is 21.8 Å². The molecule has 4 nitrogen and oxygen atoms in total. The molecule has 0 bridgehead atoms. The molecule has 0 aliphatic rings. The molecule has 2 aromatic heterocycles. The molecule has 4 rings (SSSR count). The van der Waals surface area contributed by atoms with Crippen molar-refractivity contribution in [2.75, 3.05) is 0 Å². The van der Waals surface area contributed by atoms with Crippen molar-refractivity contribution in [2.24, 2.45) is 7.05 Å². The number of nitrogens with zero attached hydrogens (tertiary/aromatic N) is 3. The second-order valence-corrected chi connectivity index (χ2v) is 9.15. The predicted molar refractivity (Wildman–Crippen MR) is 119 cm³/mol. The van der Waals surface area contributed by atoms with Gasteiger partial charge in [0.15, 0.2) is 5.82 Å². The molecule has 0 spiro atoms. The van der Waals surface area contributed by atoms with Crippen LogP contribution in [0.15, 0.2) is 36.4 Å². The van der Waals surface area contributed by atoms with Crippen molar-refractivity contribution in [1.29, 1.82) is 0 Å². The Bertz CT molecular complexity index is 1310. The fourth-order valence-corrected chi connectivity index (χ4v) is 4.31. The molecule has 0 saturated heterocycles. The molecule has 164 valence electrons. The molecule has 1 N–H and O–H groups in total. The van der Waals surface area contributed by atoms with E-state index in [-0.39, 0.29) is 53.3 Å². The van der Waals surface area contributed by atoms with Gasteiger partial charge in [-0.1, -0.05) is 62.2 Å². The summed E-state index contributed by atoms with van der Waals surface area (Å²) >= 11 is 12.8. The van der Waals surface area contributed by atoms with E-state index in [2.05, 4.69) is 15.1 Å². The van der Waals surface area contributed by atoms with Gasteiger partial charge in [0.1, 0.15) is 11.2 Å². The van der Waals surface area contributed by atoms with Crippen molar-refractivity contribution in [3.05, 3.63) is 57.7 Å². The van der Waals surface area contributed by atoms with Crippen LogP contribution < -0.4 is 29.6 Å². The van der Waals surface area contributed by atoms with Crippen molar-refractivity contribution >= 4 is 34.2 Å². The average molecular weight is 491 g/mol. The van der Waals surface area contributed by atoms with Crippen LogP contribution in [0.2, 0.25) is 10.0 Å². The van der Waals surface area contributed by atoms with Gasteiger partial charge >= 0.3 is 35.7 Å². The summed E-state index contributed by atoms with van der Waals surface area (Å²) in [5.41, 5.74) is 0.760. The number of aryl methyl sites for hydroxylation is 1. The molecular formula is C22H20Cl2F3N4Na. The Morgan fingerprint density at radius 3 is 2.28 bits per heavy atom. The summed E-state index contributed by atoms with van der Waals surface area (Å²) in [6.45, 7) is 5.88. The first-order chi connectivity index (χ1) is 14.4. The predicted octanol–water partition coefficient (Wildman–Crippen LogP) is 4.37. The summed E-state index contributed by atoms with van der Waals surface area (Å²) in [5.74, 6) is 0.215. The maximum Gasteiger partial charge on any atom is 1.00 e. The fraction of sp³-hybridized carbons (Fsp3) is 0.273. The molecule has 0 radical (unpaired) electrons. The van der Waals surface area contributed by atoms with Crippen LogP contribution >= 0.6 is 23.2 Å². The number of aromatic nitrogens is 4. The van der Waals surface area contributed by atoms with E-state index in [9.17, 15) is 13.2 Å². The molecule has 0 saturated carbocycles. The SMILES string of the molecule is Cn1nc(C(C)(C)C)c(Cl)c1-c1nc2c(C(F)(F)F)cc(-c3ccccc3Cl)cc2[nH]1.[H-].[Na+]. The fourth-order valence-electron chi connectivity index (χ4n) is 3.53. The molecule has 0 atom stereocenters. The number of hydrogen-bond acceptors (Lipinski definition) is 2. The van der Waals surface area contributed by atoms with Crippen molar-refractivity contribution in [1.82, 2.24) is 19.7 Å². The second kappa shape index (κ2) is 8.69. The Balaban J connectivity index is 0.00000193. The summed E-state index contributed by atoms with van der Waals surface area (Å²) in [6, 6.07) is 9.43. The monoisotopic (exact) mass is 490 g/mol. The average Bonchev–Trinajstić information content (AvgIpc) is 3.20. The molecule has 0 amide bonds. The summed E-state index contributed by atoms with van der Waals surface area (Å²) in [7, 11) is 1.68. The van der Waals surface area contributed by atoms with Gasteiger partial charge in [-0.2, -0.15) is 18.3 Å². The van der Waals surface area contributed by atoms with Crippen molar-refractivity contribution < 1.29 is 44.2 Å². The van der Waals surface area contributed by atoms with Crippen LogP contribution in [0.3, 0.4) is 0 Å². The number of H-pyrrole nitrogens is 1. The number of rotatable bonds is 2. The van der Waals surface area contributed by atoms with Crippen LogP contribution in [0.4, 0.5) is 13.2 Å². The zero-order chi connectivity index (χ0) is 22.7. The number of halogens is 5. The first-order valence-electron chi connectivity index (χ1n) is 9.47. The van der Waals surface area contributed by atoms with Gasteiger partial charge in [-0.05, 0) is 23.8 Å². The third-order valence-corrected chi connectivity index (χ3v) is 5.69. The molecule has 32 heavy (non-hydrogen) atoms. The Labute approximate surface area is 216 Å². The first kappa shape index (κ1) is 25.1. The summed E-state index contributed by atoms with van der Waals surface area (Å²) in [5, 5.41) is 5.18. The third kappa shape index (κ3) is 4.46. The standard InChI is InChI=1S/C22H19Cl2F3N4.Na.H/c1-21(2,3)19-16(24)18(31(4)30-19)20-28-15-10-11(12-7-5-6-8-14(12)23)9-13(17(15)29-20)22(25,26)27;;/h5-10H,1-4H3,(H,28,29);;/q;+1;-1. The van der Waals surface area contributed by atoms with E-state index < -0.39 is 11.7 Å². The molecule has 0 unspecified atom stereocenters. The number of aromatic amines is 1. The Morgan fingerprint density at radius 2 is 1.72 bits per heavy atom. The Morgan fingerprint density at radius 1 is 1.06 bits per heavy atom. The Hall–Kier alpha value is -1.51. The van der Waals surface area contributed by atoms with Gasteiger partial charge in [-0.15, -0.1) is 0 Å². The van der Waals surface area contributed by atoms with E-state index in [1.807, 2.05) is 20.8 Å². The second-order valence-electron chi connectivity index (χ2n) is 8.37. The van der Waals surface area contributed by atoms with Gasteiger partial charge in [-0.3, -0.25) is 4.68 Å². The minimum absolute atomic E-state index is 0. The van der Waals surface area contributed by atoms with Crippen molar-refractivity contribution in [2.45, 2.75) is 32.4 Å². The Kier molecular flexibility index (Phi) is 6.82. The van der Waals surface area contributed by atoms with E-state index in [1.54, 1.807) is 37.4 Å². The van der Waals surface area contributed by atoms with Gasteiger partial charge < -0.3 is 6.41 Å². The molecule has 10 heteroatoms. The largest absolute Gasteiger partial charge is 1.00 e. The van der Waals surface area contributed by atoms with E-state index in [1.165, 1.54) is 4.68 Å². The molecule has 2 heterocycles. The van der Waals surface area contributed by atoms with Crippen molar-refractivity contribution in [3.63, 3.8) is 0 Å². The topological polar surface area (TPSA) is 46.5 Å². The normalized spacial score (nSPS) is 12.3. The quantitative estimate of drug-likeness (QED) is 0.424. The van der Waals surface area contributed by atoms with Crippen LogP contribution in [0.25, 0.3) is 33.7 Å². The molecule has 4 aromatic rings. The number of hydrogen-bond donors (Lipinski definition) is 1. The van der Waals surface area contributed by atoms with Crippen molar-refractivity contribution in [3.8, 4) is 22.6 Å². The summed E-state index contributed by atoms with van der Waals surface area (Å²) in [4.78, 5) is 7.27. The van der Waals surface area contributed by atoms with Gasteiger partial charge in [0.25, 0.3) is 0 Å². The van der Waals surface area contributed by atoms with Crippen LogP contribution in [-0.4, -0.2) is 19.7 Å². The van der Waals surface area contributed by atoms with E-state index in [4.69, 9.17) is 23.2 Å². The van der Waals surface area contributed by atoms with E-state index in [0.29, 0.717) is 32.6 Å². The van der Waals surface area contributed by atoms with Gasteiger partial charge in [-0.25, -0.2) is 4.98 Å². The molecule has 0 fully saturated rings. The van der Waals surface area contributed by atoms with Crippen LogP contribution in [-0.2, 0) is 18.6 Å². The van der Waals surface area contributed by atoms with Gasteiger partial charge in [0, 0.05) is 23.0 Å². The van der Waals surface area contributed by atoms with Gasteiger partial charge in [0.2, 0.25) is 0 Å².